The molecule has 4 nitrogen and oxygen atoms in total. The molecule has 0 spiro atoms. The molecule has 0 saturated heterocycles. The van der Waals surface area contributed by atoms with E-state index in [1.807, 2.05) is 19.1 Å². The van der Waals surface area contributed by atoms with Crippen molar-refractivity contribution in [2.45, 2.75) is 13.5 Å². The van der Waals surface area contributed by atoms with E-state index in [-0.39, 0.29) is 0 Å². The van der Waals surface area contributed by atoms with Crippen molar-refractivity contribution in [1.29, 1.82) is 5.26 Å². The van der Waals surface area contributed by atoms with E-state index in [2.05, 4.69) is 10.3 Å². The van der Waals surface area contributed by atoms with Gasteiger partial charge in [-0.25, -0.2) is 4.98 Å². The van der Waals surface area contributed by atoms with Gasteiger partial charge < -0.3 is 10.1 Å². The van der Waals surface area contributed by atoms with Crippen molar-refractivity contribution in [1.82, 2.24) is 10.3 Å². The number of rotatable bonds is 6. The first-order valence-corrected chi connectivity index (χ1v) is 5.00. The van der Waals surface area contributed by atoms with Gasteiger partial charge in [-0.05, 0) is 24.6 Å². The van der Waals surface area contributed by atoms with Crippen molar-refractivity contribution in [2.75, 3.05) is 19.8 Å². The van der Waals surface area contributed by atoms with Gasteiger partial charge in [0, 0.05) is 25.9 Å². The number of nitrogens with one attached hydrogen (secondary N) is 1. The van der Waals surface area contributed by atoms with Gasteiger partial charge in [0.05, 0.1) is 6.61 Å². The summed E-state index contributed by atoms with van der Waals surface area (Å²) in [4.78, 5) is 3.90. The van der Waals surface area contributed by atoms with Crippen molar-refractivity contribution in [3.63, 3.8) is 0 Å². The zero-order chi connectivity index (χ0) is 10.9. The summed E-state index contributed by atoms with van der Waals surface area (Å²) < 4.78 is 5.19. The predicted octanol–water partition coefficient (Wildman–Crippen LogP) is 1.08. The molecule has 0 aliphatic rings. The predicted molar refractivity (Wildman–Crippen MR) is 57.2 cm³/mol. The van der Waals surface area contributed by atoms with Crippen LogP contribution in [-0.2, 0) is 11.3 Å². The number of ether oxygens (including phenoxy) is 1. The van der Waals surface area contributed by atoms with Crippen LogP contribution in [-0.4, -0.2) is 24.7 Å². The third-order valence-electron chi connectivity index (χ3n) is 1.90. The molecule has 0 fully saturated rings. The van der Waals surface area contributed by atoms with Gasteiger partial charge in [0.1, 0.15) is 11.8 Å². The number of hydrogen-bond acceptors (Lipinski definition) is 4. The third-order valence-corrected chi connectivity index (χ3v) is 1.90. The summed E-state index contributed by atoms with van der Waals surface area (Å²) in [7, 11) is 0. The monoisotopic (exact) mass is 205 g/mol. The average Bonchev–Trinajstić information content (AvgIpc) is 2.29. The lowest BCUT2D eigenvalue weighted by molar-refractivity contribution is 0.149. The van der Waals surface area contributed by atoms with Crippen molar-refractivity contribution in [2.24, 2.45) is 0 Å². The molecule has 1 heterocycles. The molecule has 4 heteroatoms. The maximum absolute atomic E-state index is 8.65. The third kappa shape index (κ3) is 4.54. The van der Waals surface area contributed by atoms with Crippen molar-refractivity contribution < 1.29 is 4.74 Å². The van der Waals surface area contributed by atoms with Crippen LogP contribution in [0.1, 0.15) is 18.2 Å². The molecule has 80 valence electrons. The molecule has 0 aliphatic heterocycles. The van der Waals surface area contributed by atoms with Gasteiger partial charge in [-0.15, -0.1) is 0 Å². The molecular weight excluding hydrogens is 190 g/mol. The second-order valence-electron chi connectivity index (χ2n) is 3.03. The highest BCUT2D eigenvalue weighted by atomic mass is 16.5. The molecule has 0 atom stereocenters. The van der Waals surface area contributed by atoms with Crippen LogP contribution in [0.5, 0.6) is 0 Å². The van der Waals surface area contributed by atoms with E-state index in [0.717, 1.165) is 25.3 Å². The smallest absolute Gasteiger partial charge is 0.140 e. The molecule has 0 radical (unpaired) electrons. The molecule has 1 N–H and O–H groups in total. The van der Waals surface area contributed by atoms with E-state index in [1.54, 1.807) is 12.3 Å². The van der Waals surface area contributed by atoms with Gasteiger partial charge in [-0.2, -0.15) is 5.26 Å². The fourth-order valence-corrected chi connectivity index (χ4v) is 1.17. The van der Waals surface area contributed by atoms with Crippen LogP contribution >= 0.6 is 0 Å². The average molecular weight is 205 g/mol. The topological polar surface area (TPSA) is 57.9 Å². The normalized spacial score (nSPS) is 9.87. The van der Waals surface area contributed by atoms with Crippen molar-refractivity contribution in [3.8, 4) is 6.07 Å². The molecular formula is C11H15N3O. The SMILES string of the molecule is CCOCCNCc1ccnc(C#N)c1. The highest BCUT2D eigenvalue weighted by molar-refractivity contribution is 5.25. The molecule has 0 saturated carbocycles. The van der Waals surface area contributed by atoms with Crippen LogP contribution in [0.15, 0.2) is 18.3 Å². The van der Waals surface area contributed by atoms with Gasteiger partial charge >= 0.3 is 0 Å². The molecule has 1 rings (SSSR count). The van der Waals surface area contributed by atoms with Gasteiger partial charge in [-0.1, -0.05) is 0 Å². The molecule has 1 aromatic rings. The first-order valence-electron chi connectivity index (χ1n) is 5.00. The molecule has 0 aliphatic carbocycles. The summed E-state index contributed by atoms with van der Waals surface area (Å²) in [5.41, 5.74) is 1.53. The Morgan fingerprint density at radius 3 is 3.20 bits per heavy atom. The van der Waals surface area contributed by atoms with Crippen LogP contribution in [0.3, 0.4) is 0 Å². The zero-order valence-corrected chi connectivity index (χ0v) is 8.86. The van der Waals surface area contributed by atoms with E-state index >= 15 is 0 Å². The second kappa shape index (κ2) is 6.93. The molecule has 0 amide bonds. The first kappa shape index (κ1) is 11.6. The summed E-state index contributed by atoms with van der Waals surface area (Å²) in [5, 5.41) is 11.9. The van der Waals surface area contributed by atoms with Crippen LogP contribution in [0.4, 0.5) is 0 Å². The zero-order valence-electron chi connectivity index (χ0n) is 8.86. The maximum Gasteiger partial charge on any atom is 0.140 e. The Kier molecular flexibility index (Phi) is 5.38. The molecule has 0 unspecified atom stereocenters. The fraction of sp³-hybridized carbons (Fsp3) is 0.455. The Balaban J connectivity index is 2.28. The summed E-state index contributed by atoms with van der Waals surface area (Å²) in [6, 6.07) is 5.70. The van der Waals surface area contributed by atoms with E-state index in [0.29, 0.717) is 12.3 Å². The Bertz CT molecular complexity index is 333. The summed E-state index contributed by atoms with van der Waals surface area (Å²) in [6.07, 6.45) is 1.65. The van der Waals surface area contributed by atoms with E-state index in [9.17, 15) is 0 Å². The summed E-state index contributed by atoms with van der Waals surface area (Å²) >= 11 is 0. The standard InChI is InChI=1S/C11H15N3O/c1-2-15-6-5-13-9-10-3-4-14-11(7-10)8-12/h3-4,7,13H,2,5-6,9H2,1H3. The van der Waals surface area contributed by atoms with Gasteiger partial charge in [0.2, 0.25) is 0 Å². The highest BCUT2D eigenvalue weighted by Crippen LogP contribution is 1.99. The maximum atomic E-state index is 8.65. The lowest BCUT2D eigenvalue weighted by Gasteiger charge is -2.04. The number of pyridine rings is 1. The number of nitriles is 1. The summed E-state index contributed by atoms with van der Waals surface area (Å²) in [6.45, 7) is 4.99. The fourth-order valence-electron chi connectivity index (χ4n) is 1.17. The Morgan fingerprint density at radius 1 is 1.60 bits per heavy atom. The Labute approximate surface area is 89.9 Å². The Hall–Kier alpha value is -1.44. The van der Waals surface area contributed by atoms with Crippen LogP contribution < -0.4 is 5.32 Å². The lowest BCUT2D eigenvalue weighted by Crippen LogP contribution is -2.19. The highest BCUT2D eigenvalue weighted by Gasteiger charge is 1.95. The van der Waals surface area contributed by atoms with Crippen LogP contribution in [0.25, 0.3) is 0 Å². The molecule has 1 aromatic heterocycles. The van der Waals surface area contributed by atoms with Crippen LogP contribution in [0, 0.1) is 11.3 Å². The number of hydrogen-bond donors (Lipinski definition) is 1. The molecule has 15 heavy (non-hydrogen) atoms. The quantitative estimate of drug-likeness (QED) is 0.706. The van der Waals surface area contributed by atoms with E-state index in [4.69, 9.17) is 10.00 Å². The van der Waals surface area contributed by atoms with E-state index in [1.165, 1.54) is 0 Å². The Morgan fingerprint density at radius 2 is 2.47 bits per heavy atom. The van der Waals surface area contributed by atoms with Crippen molar-refractivity contribution in [3.05, 3.63) is 29.6 Å². The van der Waals surface area contributed by atoms with Crippen LogP contribution in [0.2, 0.25) is 0 Å². The summed E-state index contributed by atoms with van der Waals surface area (Å²) in [5.74, 6) is 0. The minimum absolute atomic E-state index is 0.458. The molecule has 0 bridgehead atoms. The second-order valence-corrected chi connectivity index (χ2v) is 3.03. The van der Waals surface area contributed by atoms with E-state index < -0.39 is 0 Å². The largest absolute Gasteiger partial charge is 0.380 e. The first-order chi connectivity index (χ1) is 7.36. The number of aromatic nitrogens is 1. The van der Waals surface area contributed by atoms with Gasteiger partial charge in [-0.3, -0.25) is 0 Å². The number of nitrogens with zero attached hydrogens (tertiary/aromatic N) is 2. The van der Waals surface area contributed by atoms with Crippen molar-refractivity contribution >= 4 is 0 Å². The lowest BCUT2D eigenvalue weighted by atomic mass is 10.2. The van der Waals surface area contributed by atoms with Gasteiger partial charge in [0.15, 0.2) is 0 Å². The van der Waals surface area contributed by atoms with Gasteiger partial charge in [0.25, 0.3) is 0 Å². The molecule has 0 aromatic carbocycles. The minimum atomic E-state index is 0.458. The minimum Gasteiger partial charge on any atom is -0.380 e.